The van der Waals surface area contributed by atoms with Crippen molar-refractivity contribution in [2.45, 2.75) is 51.6 Å². The Balaban J connectivity index is 5.86. The molecule has 0 fully saturated rings. The van der Waals surface area contributed by atoms with Crippen LogP contribution in [0.4, 0.5) is 0 Å². The summed E-state index contributed by atoms with van der Waals surface area (Å²) < 4.78 is -14.5. The summed E-state index contributed by atoms with van der Waals surface area (Å²) in [7, 11) is 0. The van der Waals surface area contributed by atoms with Gasteiger partial charge in [-0.2, -0.15) is 0 Å². The first kappa shape index (κ1) is 28.8. The quantitative estimate of drug-likeness (QED) is 0.238. The first-order valence-electron chi connectivity index (χ1n) is 6.45. The molecular formula is C12H12Cl13. The molecule has 0 bridgehead atoms. The van der Waals surface area contributed by atoms with Crippen molar-refractivity contribution in [3.05, 3.63) is 6.92 Å². The van der Waals surface area contributed by atoms with Crippen LogP contribution in [0.5, 0.6) is 0 Å². The van der Waals surface area contributed by atoms with E-state index in [1.165, 1.54) is 0 Å². The number of alkyl halides is 13. The van der Waals surface area contributed by atoms with Crippen molar-refractivity contribution in [3.63, 3.8) is 0 Å². The van der Waals surface area contributed by atoms with E-state index in [9.17, 15) is 0 Å². The molecule has 0 rings (SSSR count). The first-order valence-corrected chi connectivity index (χ1v) is 11.4. The van der Waals surface area contributed by atoms with Crippen LogP contribution in [0.15, 0.2) is 0 Å². The minimum absolute atomic E-state index is 0.0688. The van der Waals surface area contributed by atoms with E-state index in [2.05, 4.69) is 6.92 Å². The Hall–Kier alpha value is 3.77. The van der Waals surface area contributed by atoms with Gasteiger partial charge in [-0.25, -0.2) is 0 Å². The Bertz CT molecular complexity index is 446. The van der Waals surface area contributed by atoms with E-state index >= 15 is 0 Å². The molecule has 0 saturated carbocycles. The normalized spacial score (nSPS) is 15.8. The number of halogens is 13. The van der Waals surface area contributed by atoms with Gasteiger partial charge in [0.15, 0.2) is 17.3 Å². The van der Waals surface area contributed by atoms with Gasteiger partial charge in [0.2, 0.25) is 8.13 Å². The molecule has 0 aromatic carbocycles. The summed E-state index contributed by atoms with van der Waals surface area (Å²) >= 11 is 79.1. The van der Waals surface area contributed by atoms with Crippen molar-refractivity contribution >= 4 is 151 Å². The van der Waals surface area contributed by atoms with Crippen molar-refractivity contribution in [2.24, 2.45) is 5.92 Å². The van der Waals surface area contributed by atoms with Gasteiger partial charge < -0.3 is 0 Å². The van der Waals surface area contributed by atoms with Crippen LogP contribution >= 0.6 is 151 Å². The van der Waals surface area contributed by atoms with Crippen LogP contribution in [0.25, 0.3) is 0 Å². The third kappa shape index (κ3) is 5.93. The largest absolute Gasteiger partial charge is 0.226 e. The molecule has 0 spiro atoms. The lowest BCUT2D eigenvalue weighted by molar-refractivity contribution is 0.458. The van der Waals surface area contributed by atoms with Gasteiger partial charge in [-0.1, -0.05) is 178 Å². The molecule has 0 aliphatic rings. The second-order valence-electron chi connectivity index (χ2n) is 5.50. The number of hydrogen-bond donors (Lipinski definition) is 0. The van der Waals surface area contributed by atoms with E-state index in [0.29, 0.717) is 12.8 Å². The lowest BCUT2D eigenvalue weighted by atomic mass is 10.0. The first-order chi connectivity index (χ1) is 10.7. The topological polar surface area (TPSA) is 0 Å². The molecule has 1 unspecified atom stereocenters. The predicted octanol–water partition coefficient (Wildman–Crippen LogP) is 9.87. The molecule has 0 aliphatic heterocycles. The lowest BCUT2D eigenvalue weighted by Crippen LogP contribution is -2.65. The highest BCUT2D eigenvalue weighted by molar-refractivity contribution is 6.82. The zero-order valence-electron chi connectivity index (χ0n) is 12.3. The fraction of sp³-hybridized carbons (Fsp3) is 0.917. The van der Waals surface area contributed by atoms with E-state index < -0.39 is 25.5 Å². The minimum Gasteiger partial charge on any atom is -0.0982 e. The third-order valence-electron chi connectivity index (χ3n) is 3.19. The summed E-state index contributed by atoms with van der Waals surface area (Å²) in [5.41, 5.74) is 0. The highest BCUT2D eigenvalue weighted by Crippen LogP contribution is 2.69. The Morgan fingerprint density at radius 2 is 1.00 bits per heavy atom. The SMILES string of the molecule is [CH2]C(C)CCCC(Cl)(Cl)C(Cl)(Cl)C(Cl)(Cl)C(Cl)(Cl)C(Cl)(Cl)C(Cl)(Cl)Cl. The van der Waals surface area contributed by atoms with Gasteiger partial charge in [-0.3, -0.25) is 0 Å². The molecule has 1 radical (unpaired) electrons. The Labute approximate surface area is 213 Å². The molecule has 0 aliphatic carbocycles. The molecule has 13 heteroatoms. The summed E-state index contributed by atoms with van der Waals surface area (Å²) in [5.74, 6) is 0.142. The number of rotatable bonds is 8. The van der Waals surface area contributed by atoms with Gasteiger partial charge in [0.1, 0.15) is 0 Å². The van der Waals surface area contributed by atoms with Crippen molar-refractivity contribution in [3.8, 4) is 0 Å². The molecule has 151 valence electrons. The fourth-order valence-corrected chi connectivity index (χ4v) is 5.41. The summed E-state index contributed by atoms with van der Waals surface area (Å²) in [6.45, 7) is 5.75. The lowest BCUT2D eigenvalue weighted by Gasteiger charge is -2.50. The predicted molar refractivity (Wildman–Crippen MR) is 121 cm³/mol. The molecule has 0 aromatic rings. The van der Waals surface area contributed by atoms with Crippen LogP contribution in [0, 0.1) is 12.8 Å². The zero-order valence-corrected chi connectivity index (χ0v) is 22.1. The average molecular weight is 617 g/mol. The Kier molecular flexibility index (Phi) is 10.9. The van der Waals surface area contributed by atoms with E-state index in [1.807, 2.05) is 6.92 Å². The van der Waals surface area contributed by atoms with Crippen LogP contribution in [0.1, 0.15) is 26.2 Å². The van der Waals surface area contributed by atoms with Crippen molar-refractivity contribution in [2.75, 3.05) is 0 Å². The van der Waals surface area contributed by atoms with Crippen LogP contribution < -0.4 is 0 Å². The van der Waals surface area contributed by atoms with E-state index in [-0.39, 0.29) is 12.3 Å². The maximum atomic E-state index is 6.28. The van der Waals surface area contributed by atoms with Gasteiger partial charge in [0.05, 0.1) is 0 Å². The minimum atomic E-state index is -2.63. The molecule has 0 N–H and O–H groups in total. The summed E-state index contributed by atoms with van der Waals surface area (Å²) in [4.78, 5) is 0. The highest BCUT2D eigenvalue weighted by Gasteiger charge is 2.76. The van der Waals surface area contributed by atoms with Crippen molar-refractivity contribution in [1.82, 2.24) is 0 Å². The molecular weight excluding hydrogens is 605 g/mol. The number of hydrogen-bond acceptors (Lipinski definition) is 0. The van der Waals surface area contributed by atoms with Crippen molar-refractivity contribution in [1.29, 1.82) is 0 Å². The fourth-order valence-electron chi connectivity index (χ4n) is 1.63. The third-order valence-corrected chi connectivity index (χ3v) is 11.7. The van der Waals surface area contributed by atoms with E-state index in [1.54, 1.807) is 0 Å². The van der Waals surface area contributed by atoms with Gasteiger partial charge in [0, 0.05) is 0 Å². The van der Waals surface area contributed by atoms with E-state index in [4.69, 9.17) is 151 Å². The molecule has 1 atom stereocenters. The smallest absolute Gasteiger partial charge is 0.0982 e. The standard InChI is InChI=1S/C12H12Cl13/c1-6(2)4-3-5-7(13,14)8(15,16)9(17,18)10(19,20)11(21,22)12(23,24)25/h6H,1,3-5H2,2H3. The van der Waals surface area contributed by atoms with Crippen LogP contribution in [-0.4, -0.2) is 25.5 Å². The molecule has 0 amide bonds. The van der Waals surface area contributed by atoms with Gasteiger partial charge in [-0.05, 0) is 12.3 Å². The molecule has 0 aromatic heterocycles. The zero-order chi connectivity index (χ0) is 20.7. The summed E-state index contributed by atoms with van der Waals surface area (Å²) in [6.07, 6.45) is 1.25. The van der Waals surface area contributed by atoms with E-state index in [0.717, 1.165) is 0 Å². The Morgan fingerprint density at radius 3 is 1.32 bits per heavy atom. The maximum Gasteiger partial charge on any atom is 0.226 e. The molecule has 0 nitrogen and oxygen atoms in total. The second kappa shape index (κ2) is 9.50. The van der Waals surface area contributed by atoms with Gasteiger partial charge >= 0.3 is 0 Å². The molecule has 0 heterocycles. The summed E-state index contributed by atoms with van der Waals surface area (Å²) in [6, 6.07) is 0. The Morgan fingerprint density at radius 1 is 0.640 bits per heavy atom. The maximum absolute atomic E-state index is 6.28. The highest BCUT2D eigenvalue weighted by atomic mass is 35.6. The average Bonchev–Trinajstić information content (AvgIpc) is 2.35. The molecule has 0 saturated heterocycles. The van der Waals surface area contributed by atoms with Crippen molar-refractivity contribution < 1.29 is 0 Å². The summed E-state index contributed by atoms with van der Waals surface area (Å²) in [5, 5.41) is 0. The van der Waals surface area contributed by atoms with Gasteiger partial charge in [0.25, 0.3) is 0 Å². The van der Waals surface area contributed by atoms with Crippen LogP contribution in [0.2, 0.25) is 0 Å². The van der Waals surface area contributed by atoms with Gasteiger partial charge in [-0.15, -0.1) is 0 Å². The van der Waals surface area contributed by atoms with Crippen LogP contribution in [-0.2, 0) is 0 Å². The molecule has 25 heavy (non-hydrogen) atoms. The monoisotopic (exact) mass is 611 g/mol. The second-order valence-corrected chi connectivity index (χ2v) is 14.6. The van der Waals surface area contributed by atoms with Crippen LogP contribution in [0.3, 0.4) is 0 Å².